The SMILES string of the molecule is Cc1cc(C)c(Cn2c3ccccc3c3cnn(CC(=O)NC4CC4)c(=O)c32)c(C)c1. The van der Waals surface area contributed by atoms with Gasteiger partial charge in [0.15, 0.2) is 0 Å². The zero-order valence-electron chi connectivity index (χ0n) is 18.1. The van der Waals surface area contributed by atoms with Crippen molar-refractivity contribution in [3.8, 4) is 0 Å². The van der Waals surface area contributed by atoms with E-state index in [2.05, 4.69) is 47.9 Å². The van der Waals surface area contributed by atoms with Gasteiger partial charge in [0.25, 0.3) is 5.56 Å². The van der Waals surface area contributed by atoms with Gasteiger partial charge in [-0.1, -0.05) is 35.9 Å². The molecule has 1 fully saturated rings. The number of carbonyl (C=O) groups excluding carboxylic acids is 1. The van der Waals surface area contributed by atoms with E-state index in [-0.39, 0.29) is 24.1 Å². The minimum atomic E-state index is -0.234. The normalized spacial score (nSPS) is 13.8. The van der Waals surface area contributed by atoms with Crippen LogP contribution in [-0.4, -0.2) is 26.3 Å². The van der Waals surface area contributed by atoms with Crippen molar-refractivity contribution >= 4 is 27.7 Å². The Labute approximate surface area is 180 Å². The van der Waals surface area contributed by atoms with Gasteiger partial charge < -0.3 is 9.88 Å². The van der Waals surface area contributed by atoms with Crippen LogP contribution < -0.4 is 10.9 Å². The summed E-state index contributed by atoms with van der Waals surface area (Å²) in [7, 11) is 0. The first-order valence-corrected chi connectivity index (χ1v) is 10.8. The van der Waals surface area contributed by atoms with Crippen LogP contribution in [0.5, 0.6) is 0 Å². The molecular weight excluding hydrogens is 388 g/mol. The molecule has 0 unspecified atom stereocenters. The van der Waals surface area contributed by atoms with Crippen LogP contribution in [0.25, 0.3) is 21.8 Å². The third-order valence-corrected chi connectivity index (χ3v) is 6.17. The summed E-state index contributed by atoms with van der Waals surface area (Å²) in [5.74, 6) is -0.163. The fraction of sp³-hybridized carbons (Fsp3) is 0.320. The molecule has 0 bridgehead atoms. The van der Waals surface area contributed by atoms with Crippen LogP contribution in [0.15, 0.2) is 47.4 Å². The molecule has 2 aromatic carbocycles. The molecule has 2 heterocycles. The topological polar surface area (TPSA) is 68.9 Å². The molecule has 0 atom stereocenters. The third-order valence-electron chi connectivity index (χ3n) is 6.17. The molecule has 0 aliphatic heterocycles. The molecule has 31 heavy (non-hydrogen) atoms. The molecule has 1 N–H and O–H groups in total. The maximum Gasteiger partial charge on any atom is 0.291 e. The molecule has 0 spiro atoms. The summed E-state index contributed by atoms with van der Waals surface area (Å²) >= 11 is 0. The summed E-state index contributed by atoms with van der Waals surface area (Å²) in [6.07, 6.45) is 3.74. The van der Waals surface area contributed by atoms with Crippen LogP contribution in [0.3, 0.4) is 0 Å². The number of benzene rings is 2. The average molecular weight is 415 g/mol. The molecule has 1 aliphatic rings. The zero-order valence-corrected chi connectivity index (χ0v) is 18.1. The molecule has 1 amide bonds. The van der Waals surface area contributed by atoms with E-state index in [0.29, 0.717) is 12.1 Å². The second-order valence-corrected chi connectivity index (χ2v) is 8.69. The number of aromatic nitrogens is 3. The van der Waals surface area contributed by atoms with Crippen LogP contribution in [-0.2, 0) is 17.9 Å². The van der Waals surface area contributed by atoms with E-state index in [4.69, 9.17) is 0 Å². The molecule has 2 aromatic heterocycles. The fourth-order valence-electron chi connectivity index (χ4n) is 4.52. The van der Waals surface area contributed by atoms with Crippen molar-refractivity contribution in [3.63, 3.8) is 0 Å². The Morgan fingerprint density at radius 3 is 2.52 bits per heavy atom. The Kier molecular flexibility index (Phi) is 4.65. The van der Waals surface area contributed by atoms with E-state index in [9.17, 15) is 9.59 Å². The van der Waals surface area contributed by atoms with Crippen molar-refractivity contribution in [3.05, 3.63) is 75.2 Å². The molecule has 0 saturated heterocycles. The fourth-order valence-corrected chi connectivity index (χ4v) is 4.52. The van der Waals surface area contributed by atoms with E-state index in [0.717, 1.165) is 29.1 Å². The van der Waals surface area contributed by atoms with Crippen LogP contribution >= 0.6 is 0 Å². The largest absolute Gasteiger partial charge is 0.352 e. The summed E-state index contributed by atoms with van der Waals surface area (Å²) in [6, 6.07) is 12.6. The monoisotopic (exact) mass is 414 g/mol. The highest BCUT2D eigenvalue weighted by molar-refractivity contribution is 6.07. The Bertz CT molecular complexity index is 1370. The van der Waals surface area contributed by atoms with Crippen LogP contribution in [0, 0.1) is 20.8 Å². The number of aryl methyl sites for hydroxylation is 3. The van der Waals surface area contributed by atoms with Gasteiger partial charge in [-0.05, 0) is 56.4 Å². The summed E-state index contributed by atoms with van der Waals surface area (Å²) in [5, 5.41) is 9.08. The van der Waals surface area contributed by atoms with Crippen LogP contribution in [0.4, 0.5) is 0 Å². The number of nitrogens with zero attached hydrogens (tertiary/aromatic N) is 3. The average Bonchev–Trinajstić information content (AvgIpc) is 3.47. The Balaban J connectivity index is 1.67. The van der Waals surface area contributed by atoms with E-state index in [1.807, 2.05) is 24.3 Å². The van der Waals surface area contributed by atoms with Crippen molar-refractivity contribution in [1.82, 2.24) is 19.7 Å². The van der Waals surface area contributed by atoms with Crippen LogP contribution in [0.2, 0.25) is 0 Å². The molecule has 0 radical (unpaired) electrons. The van der Waals surface area contributed by atoms with Gasteiger partial charge in [0.05, 0.1) is 6.20 Å². The van der Waals surface area contributed by atoms with Gasteiger partial charge in [0, 0.05) is 28.9 Å². The van der Waals surface area contributed by atoms with E-state index in [1.165, 1.54) is 26.9 Å². The number of rotatable bonds is 5. The summed E-state index contributed by atoms with van der Waals surface area (Å²) in [6.45, 7) is 6.86. The van der Waals surface area contributed by atoms with Crippen molar-refractivity contribution in [2.75, 3.05) is 0 Å². The smallest absolute Gasteiger partial charge is 0.291 e. The molecule has 5 rings (SSSR count). The highest BCUT2D eigenvalue weighted by atomic mass is 16.2. The van der Waals surface area contributed by atoms with E-state index >= 15 is 0 Å². The van der Waals surface area contributed by atoms with E-state index in [1.54, 1.807) is 6.20 Å². The molecule has 6 nitrogen and oxygen atoms in total. The van der Waals surface area contributed by atoms with Crippen molar-refractivity contribution in [2.45, 2.75) is 52.7 Å². The van der Waals surface area contributed by atoms with Gasteiger partial charge in [0.2, 0.25) is 5.91 Å². The lowest BCUT2D eigenvalue weighted by Crippen LogP contribution is -2.35. The molecular formula is C25H26N4O2. The maximum absolute atomic E-state index is 13.5. The van der Waals surface area contributed by atoms with Crippen molar-refractivity contribution < 1.29 is 4.79 Å². The highest BCUT2D eigenvalue weighted by Gasteiger charge is 2.24. The minimum Gasteiger partial charge on any atom is -0.352 e. The van der Waals surface area contributed by atoms with Crippen LogP contribution in [0.1, 0.15) is 35.1 Å². The first-order chi connectivity index (χ1) is 14.9. The number of carbonyl (C=O) groups is 1. The predicted molar refractivity (Wildman–Crippen MR) is 122 cm³/mol. The second-order valence-electron chi connectivity index (χ2n) is 8.69. The quantitative estimate of drug-likeness (QED) is 0.542. The van der Waals surface area contributed by atoms with Gasteiger partial charge >= 0.3 is 0 Å². The molecule has 1 aliphatic carbocycles. The number of nitrogens with one attached hydrogen (secondary N) is 1. The highest BCUT2D eigenvalue weighted by Crippen LogP contribution is 2.28. The second kappa shape index (κ2) is 7.38. The number of hydrogen-bond acceptors (Lipinski definition) is 3. The maximum atomic E-state index is 13.5. The summed E-state index contributed by atoms with van der Waals surface area (Å²) in [4.78, 5) is 25.8. The van der Waals surface area contributed by atoms with Gasteiger partial charge in [-0.25, -0.2) is 4.68 Å². The Hall–Kier alpha value is -3.41. The Morgan fingerprint density at radius 2 is 1.81 bits per heavy atom. The van der Waals surface area contributed by atoms with Gasteiger partial charge in [-0.3, -0.25) is 9.59 Å². The lowest BCUT2D eigenvalue weighted by molar-refractivity contribution is -0.122. The zero-order chi connectivity index (χ0) is 21.7. The Morgan fingerprint density at radius 1 is 1.10 bits per heavy atom. The van der Waals surface area contributed by atoms with Crippen molar-refractivity contribution in [1.29, 1.82) is 0 Å². The summed E-state index contributed by atoms with van der Waals surface area (Å²) in [5.41, 5.74) is 6.22. The molecule has 158 valence electrons. The van der Waals surface area contributed by atoms with Crippen molar-refractivity contribution in [2.24, 2.45) is 0 Å². The molecule has 4 aromatic rings. The van der Waals surface area contributed by atoms with Gasteiger partial charge in [-0.15, -0.1) is 0 Å². The standard InChI is InChI=1S/C25H26N4O2/c1-15-10-16(2)21(17(3)11-15)13-28-22-7-5-4-6-19(22)20-12-26-29(25(31)24(20)28)14-23(30)27-18-8-9-18/h4-7,10-12,18H,8-9,13-14H2,1-3H3,(H,27,30). The number of fused-ring (bicyclic) bond motifs is 3. The lowest BCUT2D eigenvalue weighted by atomic mass is 10.00. The lowest BCUT2D eigenvalue weighted by Gasteiger charge is -2.14. The van der Waals surface area contributed by atoms with Gasteiger partial charge in [0.1, 0.15) is 12.1 Å². The number of para-hydroxylation sites is 1. The van der Waals surface area contributed by atoms with Gasteiger partial charge in [-0.2, -0.15) is 5.10 Å². The minimum absolute atomic E-state index is 0.0601. The molecule has 6 heteroatoms. The van der Waals surface area contributed by atoms with E-state index < -0.39 is 0 Å². The third kappa shape index (κ3) is 3.52. The molecule has 1 saturated carbocycles. The summed E-state index contributed by atoms with van der Waals surface area (Å²) < 4.78 is 3.36. The number of amides is 1. The first-order valence-electron chi connectivity index (χ1n) is 10.8. The first kappa shape index (κ1) is 19.5. The number of hydrogen-bond donors (Lipinski definition) is 1. The predicted octanol–water partition coefficient (Wildman–Crippen LogP) is 3.60.